The van der Waals surface area contributed by atoms with E-state index in [1.807, 2.05) is 31.2 Å². The van der Waals surface area contributed by atoms with Gasteiger partial charge in [-0.05, 0) is 37.3 Å². The zero-order valence-corrected chi connectivity index (χ0v) is 13.6. The molecule has 0 aliphatic heterocycles. The van der Waals surface area contributed by atoms with E-state index < -0.39 is 5.91 Å². The van der Waals surface area contributed by atoms with Gasteiger partial charge < -0.3 is 15.8 Å². The smallest absolute Gasteiger partial charge is 0.248 e. The fraction of sp³-hybridized carbons (Fsp3) is 0.111. The number of ether oxygens (including phenoxy) is 1. The van der Waals surface area contributed by atoms with Crippen LogP contribution in [0.4, 0.5) is 5.82 Å². The highest BCUT2D eigenvalue weighted by atomic mass is 16.5. The average molecular weight is 335 g/mol. The van der Waals surface area contributed by atoms with Crippen LogP contribution in [0.5, 0.6) is 11.6 Å². The van der Waals surface area contributed by atoms with Crippen LogP contribution in [0.15, 0.2) is 55.0 Å². The van der Waals surface area contributed by atoms with Crippen molar-refractivity contribution in [2.24, 2.45) is 5.73 Å². The molecule has 0 aliphatic rings. The number of amides is 1. The number of rotatable bonds is 6. The van der Waals surface area contributed by atoms with Crippen LogP contribution in [0, 0.1) is 6.92 Å². The van der Waals surface area contributed by atoms with Gasteiger partial charge in [-0.15, -0.1) is 0 Å². The number of hydrogen-bond acceptors (Lipinski definition) is 6. The van der Waals surface area contributed by atoms with E-state index in [-0.39, 0.29) is 0 Å². The minimum absolute atomic E-state index is 0.394. The first-order chi connectivity index (χ1) is 12.1. The Kier molecular flexibility index (Phi) is 4.84. The highest BCUT2D eigenvalue weighted by Crippen LogP contribution is 2.23. The summed E-state index contributed by atoms with van der Waals surface area (Å²) in [7, 11) is 0. The van der Waals surface area contributed by atoms with Crippen LogP contribution < -0.4 is 15.8 Å². The number of carbonyl (C=O) groups excluding carboxylic acids is 1. The Morgan fingerprint density at radius 3 is 2.80 bits per heavy atom. The molecule has 3 aromatic rings. The molecule has 3 N–H and O–H groups in total. The van der Waals surface area contributed by atoms with Gasteiger partial charge in [-0.25, -0.2) is 9.97 Å². The van der Waals surface area contributed by atoms with E-state index in [0.29, 0.717) is 29.6 Å². The summed E-state index contributed by atoms with van der Waals surface area (Å²) < 4.78 is 5.81. The molecule has 0 aromatic carbocycles. The second-order valence-electron chi connectivity index (χ2n) is 5.35. The highest BCUT2D eigenvalue weighted by molar-refractivity contribution is 5.93. The molecule has 7 heteroatoms. The topological polar surface area (TPSA) is 103 Å². The van der Waals surface area contributed by atoms with Crippen LogP contribution >= 0.6 is 0 Å². The molecule has 0 fully saturated rings. The third-order valence-corrected chi connectivity index (χ3v) is 3.45. The van der Waals surface area contributed by atoms with Crippen molar-refractivity contribution >= 4 is 11.7 Å². The van der Waals surface area contributed by atoms with E-state index in [4.69, 9.17) is 10.5 Å². The molecule has 0 bridgehead atoms. The van der Waals surface area contributed by atoms with E-state index in [1.165, 1.54) is 6.20 Å². The van der Waals surface area contributed by atoms with Gasteiger partial charge >= 0.3 is 0 Å². The Labute approximate surface area is 144 Å². The minimum atomic E-state index is -0.497. The van der Waals surface area contributed by atoms with Crippen molar-refractivity contribution in [1.82, 2.24) is 15.0 Å². The predicted molar refractivity (Wildman–Crippen MR) is 93.4 cm³/mol. The van der Waals surface area contributed by atoms with Crippen LogP contribution in [0.1, 0.15) is 21.6 Å². The molecule has 3 aromatic heterocycles. The molecule has 1 amide bonds. The largest absolute Gasteiger partial charge is 0.437 e. The van der Waals surface area contributed by atoms with Gasteiger partial charge in [-0.2, -0.15) is 0 Å². The summed E-state index contributed by atoms with van der Waals surface area (Å²) >= 11 is 0. The second-order valence-corrected chi connectivity index (χ2v) is 5.35. The maximum atomic E-state index is 11.2. The standard InChI is InChI=1S/C18H17N5O2/c1-12-4-5-15(11-22-12)25-18-14(3-2-7-21-18)10-23-16-9-13(17(19)24)6-8-20-16/h2-9,11H,10H2,1H3,(H2,19,24)(H,20,23). The van der Waals surface area contributed by atoms with Crippen molar-refractivity contribution in [2.45, 2.75) is 13.5 Å². The lowest BCUT2D eigenvalue weighted by atomic mass is 10.2. The van der Waals surface area contributed by atoms with Crippen LogP contribution in [0.2, 0.25) is 0 Å². The quantitative estimate of drug-likeness (QED) is 0.718. The second kappa shape index (κ2) is 7.39. The van der Waals surface area contributed by atoms with Gasteiger partial charge in [0.1, 0.15) is 11.6 Å². The first kappa shape index (κ1) is 16.4. The molecule has 0 spiro atoms. The summed E-state index contributed by atoms with van der Waals surface area (Å²) in [5, 5.41) is 3.14. The van der Waals surface area contributed by atoms with Crippen molar-refractivity contribution in [3.63, 3.8) is 0 Å². The van der Waals surface area contributed by atoms with Gasteiger partial charge in [0.05, 0.1) is 6.20 Å². The number of nitrogens with zero attached hydrogens (tertiary/aromatic N) is 3. The average Bonchev–Trinajstić information content (AvgIpc) is 2.63. The minimum Gasteiger partial charge on any atom is -0.437 e. The van der Waals surface area contributed by atoms with Crippen LogP contribution in [0.3, 0.4) is 0 Å². The lowest BCUT2D eigenvalue weighted by Crippen LogP contribution is -2.12. The summed E-state index contributed by atoms with van der Waals surface area (Å²) in [6, 6.07) is 10.6. The van der Waals surface area contributed by atoms with Crippen molar-refractivity contribution in [3.05, 3.63) is 71.8 Å². The molecule has 0 saturated heterocycles. The van der Waals surface area contributed by atoms with Crippen molar-refractivity contribution in [2.75, 3.05) is 5.32 Å². The summed E-state index contributed by atoms with van der Waals surface area (Å²) in [5.74, 6) is 1.14. The molecule has 126 valence electrons. The van der Waals surface area contributed by atoms with E-state index in [9.17, 15) is 4.79 Å². The number of anilines is 1. The van der Waals surface area contributed by atoms with Crippen LogP contribution in [-0.4, -0.2) is 20.9 Å². The Balaban J connectivity index is 1.74. The van der Waals surface area contributed by atoms with Gasteiger partial charge in [-0.3, -0.25) is 9.78 Å². The van der Waals surface area contributed by atoms with Crippen molar-refractivity contribution < 1.29 is 9.53 Å². The predicted octanol–water partition coefficient (Wildman–Crippen LogP) is 2.68. The number of carbonyl (C=O) groups is 1. The first-order valence-electron chi connectivity index (χ1n) is 7.66. The molecule has 3 rings (SSSR count). The van der Waals surface area contributed by atoms with Gasteiger partial charge in [-0.1, -0.05) is 6.07 Å². The van der Waals surface area contributed by atoms with Gasteiger partial charge in [0.15, 0.2) is 0 Å². The Hall–Kier alpha value is -3.48. The van der Waals surface area contributed by atoms with Crippen LogP contribution in [0.25, 0.3) is 0 Å². The number of pyridine rings is 3. The van der Waals surface area contributed by atoms with Gasteiger partial charge in [0.25, 0.3) is 0 Å². The summed E-state index contributed by atoms with van der Waals surface area (Å²) in [6.07, 6.45) is 4.84. The molecular weight excluding hydrogens is 318 g/mol. The summed E-state index contributed by atoms with van der Waals surface area (Å²) in [6.45, 7) is 2.34. The molecule has 0 aliphatic carbocycles. The SMILES string of the molecule is Cc1ccc(Oc2ncccc2CNc2cc(C(N)=O)ccn2)cn1. The number of primary amides is 1. The lowest BCUT2D eigenvalue weighted by molar-refractivity contribution is 0.1000. The Morgan fingerprint density at radius 1 is 1.16 bits per heavy atom. The van der Waals surface area contributed by atoms with Crippen molar-refractivity contribution in [3.8, 4) is 11.6 Å². The third-order valence-electron chi connectivity index (χ3n) is 3.45. The fourth-order valence-electron chi connectivity index (χ4n) is 2.14. The third kappa shape index (κ3) is 4.29. The zero-order valence-electron chi connectivity index (χ0n) is 13.6. The van der Waals surface area contributed by atoms with E-state index in [0.717, 1.165) is 11.3 Å². The maximum absolute atomic E-state index is 11.2. The Morgan fingerprint density at radius 2 is 2.04 bits per heavy atom. The summed E-state index contributed by atoms with van der Waals surface area (Å²) in [4.78, 5) is 23.9. The van der Waals surface area contributed by atoms with E-state index in [1.54, 1.807) is 24.5 Å². The molecule has 3 heterocycles. The zero-order chi connectivity index (χ0) is 17.6. The molecule has 0 unspecified atom stereocenters. The molecule has 25 heavy (non-hydrogen) atoms. The normalized spacial score (nSPS) is 10.3. The first-order valence-corrected chi connectivity index (χ1v) is 7.66. The number of aryl methyl sites for hydroxylation is 1. The molecule has 7 nitrogen and oxygen atoms in total. The maximum Gasteiger partial charge on any atom is 0.248 e. The molecule has 0 atom stereocenters. The molecular formula is C18H17N5O2. The van der Waals surface area contributed by atoms with Gasteiger partial charge in [0.2, 0.25) is 11.8 Å². The lowest BCUT2D eigenvalue weighted by Gasteiger charge is -2.11. The fourth-order valence-corrected chi connectivity index (χ4v) is 2.14. The van der Waals surface area contributed by atoms with E-state index in [2.05, 4.69) is 20.3 Å². The summed E-state index contributed by atoms with van der Waals surface area (Å²) in [5.41, 5.74) is 7.43. The number of nitrogens with one attached hydrogen (secondary N) is 1. The molecule has 0 radical (unpaired) electrons. The van der Waals surface area contributed by atoms with Crippen LogP contribution in [-0.2, 0) is 6.54 Å². The number of aromatic nitrogens is 3. The highest BCUT2D eigenvalue weighted by Gasteiger charge is 2.08. The van der Waals surface area contributed by atoms with Crippen molar-refractivity contribution in [1.29, 1.82) is 0 Å². The monoisotopic (exact) mass is 335 g/mol. The number of hydrogen-bond donors (Lipinski definition) is 2. The Bertz CT molecular complexity index is 881. The molecule has 0 saturated carbocycles. The van der Waals surface area contributed by atoms with Gasteiger partial charge in [0, 0.05) is 35.8 Å². The van der Waals surface area contributed by atoms with E-state index >= 15 is 0 Å². The number of nitrogens with two attached hydrogens (primary N) is 1.